The van der Waals surface area contributed by atoms with Crippen molar-refractivity contribution in [3.8, 4) is 11.3 Å². The predicted molar refractivity (Wildman–Crippen MR) is 118 cm³/mol. The average molecular weight is 402 g/mol. The first kappa shape index (κ1) is 19.9. The van der Waals surface area contributed by atoms with E-state index < -0.39 is 0 Å². The SMILES string of the molecule is Cc1ccc(-c2nc3c(C)cccn3c2CC(=O)NCCCn2ccnc2)cc1C. The summed E-state index contributed by atoms with van der Waals surface area (Å²) in [5.74, 6) is 0.00835. The maximum Gasteiger partial charge on any atom is 0.226 e. The number of amides is 1. The number of hydrogen-bond acceptors (Lipinski definition) is 3. The smallest absolute Gasteiger partial charge is 0.226 e. The van der Waals surface area contributed by atoms with Gasteiger partial charge in [0.25, 0.3) is 0 Å². The van der Waals surface area contributed by atoms with Gasteiger partial charge in [0, 0.05) is 37.2 Å². The number of aromatic nitrogens is 4. The lowest BCUT2D eigenvalue weighted by Crippen LogP contribution is -2.27. The van der Waals surface area contributed by atoms with Crippen LogP contribution in [0.5, 0.6) is 0 Å². The molecular formula is C24H27N5O. The maximum atomic E-state index is 12.7. The fourth-order valence-electron chi connectivity index (χ4n) is 3.66. The third-order valence-electron chi connectivity index (χ3n) is 5.53. The quantitative estimate of drug-likeness (QED) is 0.478. The summed E-state index contributed by atoms with van der Waals surface area (Å²) in [6.45, 7) is 7.72. The molecule has 0 aliphatic rings. The standard InChI is InChI=1S/C24H27N5O/c1-17-7-8-20(14-19(17)3)23-21(29-12-4-6-18(2)24(29)27-23)15-22(30)26-9-5-11-28-13-10-25-16-28/h4,6-8,10,12-14,16H,5,9,11,15H2,1-3H3,(H,26,30). The van der Waals surface area contributed by atoms with Crippen molar-refractivity contribution in [2.45, 2.75) is 40.2 Å². The second kappa shape index (κ2) is 8.53. The molecule has 0 atom stereocenters. The number of nitrogens with zero attached hydrogens (tertiary/aromatic N) is 4. The maximum absolute atomic E-state index is 12.7. The van der Waals surface area contributed by atoms with Crippen molar-refractivity contribution in [2.75, 3.05) is 6.54 Å². The molecule has 6 nitrogen and oxygen atoms in total. The normalized spacial score (nSPS) is 11.2. The summed E-state index contributed by atoms with van der Waals surface area (Å²) < 4.78 is 4.06. The summed E-state index contributed by atoms with van der Waals surface area (Å²) in [6, 6.07) is 10.4. The number of aryl methyl sites for hydroxylation is 4. The summed E-state index contributed by atoms with van der Waals surface area (Å²) in [6.07, 6.45) is 8.62. The molecule has 4 aromatic rings. The summed E-state index contributed by atoms with van der Waals surface area (Å²) in [5.41, 5.74) is 7.30. The Morgan fingerprint density at radius 1 is 1.07 bits per heavy atom. The molecule has 1 amide bonds. The minimum Gasteiger partial charge on any atom is -0.356 e. The van der Waals surface area contributed by atoms with Crippen LogP contribution in [0.15, 0.2) is 55.2 Å². The molecule has 4 rings (SSSR count). The van der Waals surface area contributed by atoms with Gasteiger partial charge in [-0.1, -0.05) is 18.2 Å². The largest absolute Gasteiger partial charge is 0.356 e. The molecule has 0 aliphatic heterocycles. The van der Waals surface area contributed by atoms with Gasteiger partial charge in [-0.15, -0.1) is 0 Å². The van der Waals surface area contributed by atoms with Crippen LogP contribution in [0.25, 0.3) is 16.9 Å². The summed E-state index contributed by atoms with van der Waals surface area (Å²) in [7, 11) is 0. The highest BCUT2D eigenvalue weighted by atomic mass is 16.1. The van der Waals surface area contributed by atoms with Crippen LogP contribution in [0, 0.1) is 20.8 Å². The van der Waals surface area contributed by atoms with Crippen LogP contribution < -0.4 is 5.32 Å². The van der Waals surface area contributed by atoms with E-state index in [0.717, 1.165) is 41.1 Å². The van der Waals surface area contributed by atoms with Crippen LogP contribution in [0.1, 0.15) is 28.8 Å². The average Bonchev–Trinajstić information content (AvgIpc) is 3.37. The minimum atomic E-state index is 0.00835. The number of hydrogen-bond donors (Lipinski definition) is 1. The van der Waals surface area contributed by atoms with Crippen molar-refractivity contribution in [1.29, 1.82) is 0 Å². The van der Waals surface area contributed by atoms with Gasteiger partial charge in [-0.05, 0) is 56.0 Å². The van der Waals surface area contributed by atoms with Crippen molar-refractivity contribution < 1.29 is 4.79 Å². The Bertz CT molecular complexity index is 1170. The van der Waals surface area contributed by atoms with E-state index in [1.54, 1.807) is 12.5 Å². The monoisotopic (exact) mass is 401 g/mol. The molecule has 30 heavy (non-hydrogen) atoms. The van der Waals surface area contributed by atoms with Gasteiger partial charge in [-0.2, -0.15) is 0 Å². The molecule has 0 spiro atoms. The van der Waals surface area contributed by atoms with E-state index in [0.29, 0.717) is 6.54 Å². The highest BCUT2D eigenvalue weighted by Gasteiger charge is 2.18. The first-order valence-electron chi connectivity index (χ1n) is 10.3. The number of imidazole rings is 2. The van der Waals surface area contributed by atoms with Crippen LogP contribution >= 0.6 is 0 Å². The van der Waals surface area contributed by atoms with E-state index in [1.165, 1.54) is 11.1 Å². The summed E-state index contributed by atoms with van der Waals surface area (Å²) >= 11 is 0. The van der Waals surface area contributed by atoms with Gasteiger partial charge in [-0.25, -0.2) is 9.97 Å². The van der Waals surface area contributed by atoms with Gasteiger partial charge < -0.3 is 14.3 Å². The van der Waals surface area contributed by atoms with Crippen LogP contribution in [0.2, 0.25) is 0 Å². The lowest BCUT2D eigenvalue weighted by atomic mass is 10.0. The number of rotatable bonds is 7. The predicted octanol–water partition coefficient (Wildman–Crippen LogP) is 3.87. The summed E-state index contributed by atoms with van der Waals surface area (Å²) in [5, 5.41) is 3.05. The number of pyridine rings is 1. The van der Waals surface area contributed by atoms with Crippen LogP contribution in [-0.4, -0.2) is 31.4 Å². The fourth-order valence-corrected chi connectivity index (χ4v) is 3.66. The van der Waals surface area contributed by atoms with Gasteiger partial charge in [0.1, 0.15) is 5.65 Å². The van der Waals surface area contributed by atoms with Crippen LogP contribution in [0.4, 0.5) is 0 Å². The van der Waals surface area contributed by atoms with E-state index in [4.69, 9.17) is 4.98 Å². The molecule has 0 bridgehead atoms. The lowest BCUT2D eigenvalue weighted by molar-refractivity contribution is -0.120. The molecular weight excluding hydrogens is 374 g/mol. The van der Waals surface area contributed by atoms with Gasteiger partial charge in [0.15, 0.2) is 0 Å². The fraction of sp³-hybridized carbons (Fsp3) is 0.292. The van der Waals surface area contributed by atoms with E-state index in [-0.39, 0.29) is 12.3 Å². The van der Waals surface area contributed by atoms with Crippen LogP contribution in [-0.2, 0) is 17.8 Å². The van der Waals surface area contributed by atoms with Gasteiger partial charge >= 0.3 is 0 Å². The molecule has 0 unspecified atom stereocenters. The highest BCUT2D eigenvalue weighted by molar-refractivity contribution is 5.82. The van der Waals surface area contributed by atoms with E-state index in [2.05, 4.69) is 42.3 Å². The third-order valence-corrected chi connectivity index (χ3v) is 5.53. The van der Waals surface area contributed by atoms with Crippen molar-refractivity contribution in [2.24, 2.45) is 0 Å². The molecule has 1 N–H and O–H groups in total. The molecule has 154 valence electrons. The molecule has 6 heteroatoms. The second-order valence-electron chi connectivity index (χ2n) is 7.77. The second-order valence-corrected chi connectivity index (χ2v) is 7.77. The minimum absolute atomic E-state index is 0.00835. The molecule has 3 aromatic heterocycles. The molecule has 0 aliphatic carbocycles. The van der Waals surface area contributed by atoms with E-state index in [1.807, 2.05) is 40.4 Å². The first-order valence-corrected chi connectivity index (χ1v) is 10.3. The van der Waals surface area contributed by atoms with E-state index in [9.17, 15) is 4.79 Å². The first-order chi connectivity index (χ1) is 14.5. The Balaban J connectivity index is 1.56. The number of carbonyl (C=O) groups excluding carboxylic acids is 1. The molecule has 0 saturated carbocycles. The van der Waals surface area contributed by atoms with Gasteiger partial charge in [0.05, 0.1) is 24.1 Å². The van der Waals surface area contributed by atoms with Crippen molar-refractivity contribution in [3.63, 3.8) is 0 Å². The van der Waals surface area contributed by atoms with Crippen LogP contribution in [0.3, 0.4) is 0 Å². The zero-order valence-electron chi connectivity index (χ0n) is 17.7. The topological polar surface area (TPSA) is 64.2 Å². The number of nitrogens with one attached hydrogen (secondary N) is 1. The third kappa shape index (κ3) is 4.13. The Kier molecular flexibility index (Phi) is 5.65. The Morgan fingerprint density at radius 3 is 2.70 bits per heavy atom. The zero-order chi connectivity index (χ0) is 21.1. The molecule has 1 aromatic carbocycles. The number of fused-ring (bicyclic) bond motifs is 1. The Hall–Kier alpha value is -3.41. The zero-order valence-corrected chi connectivity index (χ0v) is 17.7. The van der Waals surface area contributed by atoms with Gasteiger partial charge in [-0.3, -0.25) is 4.79 Å². The number of carbonyl (C=O) groups is 1. The molecule has 0 fully saturated rings. The lowest BCUT2D eigenvalue weighted by Gasteiger charge is -2.09. The van der Waals surface area contributed by atoms with Crippen molar-refractivity contribution >= 4 is 11.6 Å². The molecule has 0 saturated heterocycles. The van der Waals surface area contributed by atoms with Crippen molar-refractivity contribution in [1.82, 2.24) is 24.3 Å². The van der Waals surface area contributed by atoms with E-state index >= 15 is 0 Å². The van der Waals surface area contributed by atoms with Gasteiger partial charge in [0.2, 0.25) is 5.91 Å². The molecule has 3 heterocycles. The summed E-state index contributed by atoms with van der Waals surface area (Å²) in [4.78, 5) is 21.7. The Morgan fingerprint density at radius 2 is 1.93 bits per heavy atom. The molecule has 0 radical (unpaired) electrons. The number of benzene rings is 1. The van der Waals surface area contributed by atoms with Crippen molar-refractivity contribution in [3.05, 3.63) is 77.6 Å². The highest BCUT2D eigenvalue weighted by Crippen LogP contribution is 2.27. The Labute approximate surface area is 176 Å².